The summed E-state index contributed by atoms with van der Waals surface area (Å²) >= 11 is 0. The highest BCUT2D eigenvalue weighted by Crippen LogP contribution is 2.58. The van der Waals surface area contributed by atoms with Crippen LogP contribution in [-0.4, -0.2) is 34.8 Å². The van der Waals surface area contributed by atoms with Gasteiger partial charge < -0.3 is 19.4 Å². The van der Waals surface area contributed by atoms with Crippen molar-refractivity contribution >= 4 is 23.5 Å². The Morgan fingerprint density at radius 2 is 1.74 bits per heavy atom. The van der Waals surface area contributed by atoms with Crippen LogP contribution in [0.4, 0.5) is 5.69 Å². The van der Waals surface area contributed by atoms with Crippen molar-refractivity contribution in [3.8, 4) is 0 Å². The first-order valence-electron chi connectivity index (χ1n) is 12.2. The fourth-order valence-corrected chi connectivity index (χ4v) is 6.94. The number of carbonyl (C=O) groups is 3. The molecule has 180 valence electrons. The molecule has 4 aliphatic rings. The molecule has 0 saturated heterocycles. The molecule has 0 spiro atoms. The van der Waals surface area contributed by atoms with Crippen LogP contribution in [0.2, 0.25) is 0 Å². The number of benzene rings is 1. The Morgan fingerprint density at radius 3 is 2.32 bits per heavy atom. The fourth-order valence-electron chi connectivity index (χ4n) is 6.94. The Kier molecular flexibility index (Phi) is 5.96. The number of carbonyl (C=O) groups excluding carboxylic acids is 3. The first-order valence-corrected chi connectivity index (χ1v) is 12.2. The molecule has 1 aromatic heterocycles. The number of rotatable bonds is 7. The van der Waals surface area contributed by atoms with E-state index in [-0.39, 0.29) is 29.5 Å². The third kappa shape index (κ3) is 4.36. The van der Waals surface area contributed by atoms with Crippen molar-refractivity contribution in [3.63, 3.8) is 0 Å². The second-order valence-corrected chi connectivity index (χ2v) is 10.5. The number of nitrogens with one attached hydrogen (secondary N) is 1. The molecule has 0 radical (unpaired) electrons. The van der Waals surface area contributed by atoms with Crippen LogP contribution in [0.1, 0.15) is 67.1 Å². The minimum atomic E-state index is -0.621. The zero-order chi connectivity index (χ0) is 23.9. The lowest BCUT2D eigenvalue weighted by Gasteiger charge is -2.60. The van der Waals surface area contributed by atoms with Crippen molar-refractivity contribution in [3.05, 3.63) is 53.5 Å². The molecule has 2 aromatic rings. The Balaban J connectivity index is 1.35. The summed E-state index contributed by atoms with van der Waals surface area (Å²) in [5.74, 6) is 1.67. The molecule has 4 bridgehead atoms. The standard InChI is InChI=1S/C27H32N2O5/c1-17-5-3-7-23(25(17)28-18(2)30)26(32)34-16-24(31)29(15-22-6-4-8-33-22)27-12-19-9-20(13-27)11-21(10-19)14-27/h3-8,19-21H,9-16H2,1-2H3,(H,28,30). The monoisotopic (exact) mass is 464 g/mol. The highest BCUT2D eigenvalue weighted by molar-refractivity contribution is 6.02. The zero-order valence-corrected chi connectivity index (χ0v) is 19.8. The highest BCUT2D eigenvalue weighted by Gasteiger charge is 2.54. The van der Waals surface area contributed by atoms with Crippen LogP contribution in [0, 0.1) is 24.7 Å². The molecule has 4 aliphatic carbocycles. The van der Waals surface area contributed by atoms with Gasteiger partial charge in [-0.1, -0.05) is 12.1 Å². The molecule has 0 atom stereocenters. The van der Waals surface area contributed by atoms with Crippen LogP contribution >= 0.6 is 0 Å². The summed E-state index contributed by atoms with van der Waals surface area (Å²) < 4.78 is 11.1. The smallest absolute Gasteiger partial charge is 0.340 e. The average Bonchev–Trinajstić information content (AvgIpc) is 3.29. The molecule has 0 unspecified atom stereocenters. The maximum Gasteiger partial charge on any atom is 0.340 e. The van der Waals surface area contributed by atoms with Gasteiger partial charge in [0.25, 0.3) is 5.91 Å². The van der Waals surface area contributed by atoms with Crippen molar-refractivity contribution in [2.45, 2.75) is 64.5 Å². The summed E-state index contributed by atoms with van der Waals surface area (Å²) in [6, 6.07) is 8.87. The maximum atomic E-state index is 13.6. The van der Waals surface area contributed by atoms with E-state index in [4.69, 9.17) is 9.15 Å². The van der Waals surface area contributed by atoms with Gasteiger partial charge in [0, 0.05) is 12.5 Å². The van der Waals surface area contributed by atoms with E-state index in [9.17, 15) is 14.4 Å². The Labute approximate surface area is 199 Å². The van der Waals surface area contributed by atoms with Crippen molar-refractivity contribution in [1.29, 1.82) is 0 Å². The van der Waals surface area contributed by atoms with Gasteiger partial charge in [0.1, 0.15) is 5.76 Å². The number of hydrogen-bond donors (Lipinski definition) is 1. The summed E-state index contributed by atoms with van der Waals surface area (Å²) in [5.41, 5.74) is 1.23. The molecule has 0 aliphatic heterocycles. The van der Waals surface area contributed by atoms with E-state index in [1.165, 1.54) is 26.2 Å². The molecule has 7 heteroatoms. The third-order valence-electron chi connectivity index (χ3n) is 7.89. The van der Waals surface area contributed by atoms with Gasteiger partial charge in [-0.3, -0.25) is 9.59 Å². The molecular weight excluding hydrogens is 432 g/mol. The summed E-state index contributed by atoms with van der Waals surface area (Å²) in [4.78, 5) is 40.1. The Morgan fingerprint density at radius 1 is 1.06 bits per heavy atom. The van der Waals surface area contributed by atoms with Crippen LogP contribution in [0.5, 0.6) is 0 Å². The molecule has 4 saturated carbocycles. The summed E-state index contributed by atoms with van der Waals surface area (Å²) in [7, 11) is 0. The third-order valence-corrected chi connectivity index (χ3v) is 7.89. The number of aryl methyl sites for hydroxylation is 1. The average molecular weight is 465 g/mol. The number of nitrogens with zero attached hydrogens (tertiary/aromatic N) is 1. The van der Waals surface area contributed by atoms with Gasteiger partial charge >= 0.3 is 5.97 Å². The van der Waals surface area contributed by atoms with Crippen LogP contribution in [0.3, 0.4) is 0 Å². The Hall–Kier alpha value is -3.09. The first-order chi connectivity index (χ1) is 16.3. The van der Waals surface area contributed by atoms with E-state index in [0.717, 1.165) is 30.6 Å². The van der Waals surface area contributed by atoms with Crippen molar-refractivity contribution in [1.82, 2.24) is 4.90 Å². The van der Waals surface area contributed by atoms with Crippen molar-refractivity contribution in [2.24, 2.45) is 17.8 Å². The van der Waals surface area contributed by atoms with Crippen LogP contribution in [0.15, 0.2) is 41.0 Å². The Bertz CT molecular complexity index is 1060. The second-order valence-electron chi connectivity index (χ2n) is 10.5. The fraction of sp³-hybridized carbons (Fsp3) is 0.519. The lowest BCUT2D eigenvalue weighted by molar-refractivity contribution is -0.156. The van der Waals surface area contributed by atoms with Gasteiger partial charge in [0.15, 0.2) is 6.61 Å². The largest absolute Gasteiger partial charge is 0.467 e. The predicted molar refractivity (Wildman–Crippen MR) is 126 cm³/mol. The summed E-state index contributed by atoms with van der Waals surface area (Å²) in [5, 5.41) is 2.70. The van der Waals surface area contributed by atoms with Gasteiger partial charge in [-0.15, -0.1) is 0 Å². The molecule has 6 rings (SSSR count). The van der Waals surface area contributed by atoms with E-state index in [0.29, 0.717) is 30.0 Å². The SMILES string of the molecule is CC(=O)Nc1c(C)cccc1C(=O)OCC(=O)N(Cc1ccco1)C12CC3CC(CC(C3)C1)C2. The van der Waals surface area contributed by atoms with Crippen LogP contribution < -0.4 is 5.32 Å². The normalized spacial score (nSPS) is 26.8. The minimum Gasteiger partial charge on any atom is -0.467 e. The number of hydrogen-bond acceptors (Lipinski definition) is 5. The van der Waals surface area contributed by atoms with E-state index in [2.05, 4.69) is 5.32 Å². The maximum absolute atomic E-state index is 13.6. The topological polar surface area (TPSA) is 88.8 Å². The second kappa shape index (κ2) is 8.93. The highest BCUT2D eigenvalue weighted by atomic mass is 16.5. The quantitative estimate of drug-likeness (QED) is 0.600. The number of esters is 1. The lowest BCUT2D eigenvalue weighted by Crippen LogP contribution is -2.61. The molecule has 7 nitrogen and oxygen atoms in total. The minimum absolute atomic E-state index is 0.185. The number of furan rings is 1. The van der Waals surface area contributed by atoms with E-state index < -0.39 is 5.97 Å². The number of amides is 2. The van der Waals surface area contributed by atoms with E-state index in [1.54, 1.807) is 18.4 Å². The molecule has 1 heterocycles. The first kappa shape index (κ1) is 22.7. The summed E-state index contributed by atoms with van der Waals surface area (Å²) in [6.07, 6.45) is 8.50. The van der Waals surface area contributed by atoms with Crippen LogP contribution in [0.25, 0.3) is 0 Å². The molecule has 1 aromatic carbocycles. The predicted octanol–water partition coefficient (Wildman–Crippen LogP) is 4.70. The molecule has 4 fully saturated rings. The molecule has 1 N–H and O–H groups in total. The van der Waals surface area contributed by atoms with Gasteiger partial charge in [0.2, 0.25) is 5.91 Å². The van der Waals surface area contributed by atoms with Crippen LogP contribution in [-0.2, 0) is 20.9 Å². The molecular formula is C27H32N2O5. The van der Waals surface area contributed by atoms with Gasteiger partial charge in [0.05, 0.1) is 24.1 Å². The van der Waals surface area contributed by atoms with Crippen molar-refractivity contribution in [2.75, 3.05) is 11.9 Å². The van der Waals surface area contributed by atoms with Gasteiger partial charge in [-0.05, 0) is 87.0 Å². The van der Waals surface area contributed by atoms with Gasteiger partial charge in [-0.2, -0.15) is 0 Å². The van der Waals surface area contributed by atoms with E-state index >= 15 is 0 Å². The number of anilines is 1. The lowest BCUT2D eigenvalue weighted by atomic mass is 9.52. The van der Waals surface area contributed by atoms with E-state index in [1.807, 2.05) is 30.0 Å². The number of para-hydroxylation sites is 1. The summed E-state index contributed by atoms with van der Waals surface area (Å²) in [6.45, 7) is 3.25. The van der Waals surface area contributed by atoms with Crippen molar-refractivity contribution < 1.29 is 23.5 Å². The van der Waals surface area contributed by atoms with Gasteiger partial charge in [-0.25, -0.2) is 4.79 Å². The zero-order valence-electron chi connectivity index (χ0n) is 19.8. The molecule has 34 heavy (non-hydrogen) atoms. The number of ether oxygens (including phenoxy) is 1. The molecule has 2 amide bonds.